The Kier molecular flexibility index (Phi) is 4.61. The van der Waals surface area contributed by atoms with Crippen molar-refractivity contribution in [2.45, 2.75) is 57.5 Å². The molecule has 0 aromatic heterocycles. The number of amides is 1. The number of carbonyl (C=O) groups excluding carboxylic acids is 1. The van der Waals surface area contributed by atoms with Gasteiger partial charge in [-0.25, -0.2) is 0 Å². The maximum Gasteiger partial charge on any atom is 0.223 e. The largest absolute Gasteiger partial charge is 0.335 e. The van der Waals surface area contributed by atoms with Gasteiger partial charge < -0.3 is 15.1 Å². The molecule has 3 fully saturated rings. The Hall–Kier alpha value is -0.610. The average Bonchev–Trinajstić information content (AvgIpc) is 3.04. The number of carbonyl (C=O) groups is 1. The van der Waals surface area contributed by atoms with E-state index >= 15 is 0 Å². The van der Waals surface area contributed by atoms with E-state index in [0.717, 1.165) is 44.9 Å². The maximum atomic E-state index is 12.7. The van der Waals surface area contributed by atoms with Crippen LogP contribution in [0.15, 0.2) is 0 Å². The van der Waals surface area contributed by atoms with Crippen LogP contribution in [0.25, 0.3) is 0 Å². The van der Waals surface area contributed by atoms with Gasteiger partial charge in [0.2, 0.25) is 5.91 Å². The lowest BCUT2D eigenvalue weighted by Crippen LogP contribution is -2.43. The molecule has 3 aliphatic rings. The molecule has 3 unspecified atom stereocenters. The third-order valence-corrected chi connectivity index (χ3v) is 5.53. The first-order valence-corrected chi connectivity index (χ1v) is 8.52. The summed E-state index contributed by atoms with van der Waals surface area (Å²) in [7, 11) is 0. The maximum absolute atomic E-state index is 12.7. The number of rotatable bonds is 4. The number of likely N-dealkylation sites (tertiary alicyclic amines) is 1. The number of hydrogen-bond acceptors (Lipinski definition) is 3. The molecule has 0 spiro atoms. The fraction of sp³-hybridized carbons (Fsp3) is 0.938. The van der Waals surface area contributed by atoms with E-state index in [0.29, 0.717) is 18.0 Å². The molecule has 3 atom stereocenters. The highest BCUT2D eigenvalue weighted by molar-refractivity contribution is 5.77. The lowest BCUT2D eigenvalue weighted by molar-refractivity contribution is -0.134. The van der Waals surface area contributed by atoms with Crippen LogP contribution in [0.2, 0.25) is 0 Å². The van der Waals surface area contributed by atoms with Gasteiger partial charge in [0.1, 0.15) is 0 Å². The molecule has 1 amide bonds. The Morgan fingerprint density at radius 3 is 2.80 bits per heavy atom. The highest BCUT2D eigenvalue weighted by Gasteiger charge is 2.39. The second-order valence-corrected chi connectivity index (χ2v) is 6.77. The number of nitrogens with one attached hydrogen (secondary N) is 1. The lowest BCUT2D eigenvalue weighted by atomic mass is 10.0. The summed E-state index contributed by atoms with van der Waals surface area (Å²) in [6.45, 7) is 7.89. The van der Waals surface area contributed by atoms with Crippen molar-refractivity contribution < 1.29 is 4.79 Å². The molecule has 4 heteroatoms. The molecule has 114 valence electrons. The second kappa shape index (κ2) is 6.44. The van der Waals surface area contributed by atoms with E-state index in [1.165, 1.54) is 32.2 Å². The van der Waals surface area contributed by atoms with E-state index in [-0.39, 0.29) is 0 Å². The summed E-state index contributed by atoms with van der Waals surface area (Å²) in [5.74, 6) is 1.16. The van der Waals surface area contributed by atoms with Crippen molar-refractivity contribution in [3.05, 3.63) is 0 Å². The van der Waals surface area contributed by atoms with Gasteiger partial charge in [-0.05, 0) is 57.7 Å². The molecule has 3 aliphatic heterocycles. The first kappa shape index (κ1) is 14.3. The van der Waals surface area contributed by atoms with E-state index < -0.39 is 0 Å². The fourth-order valence-corrected chi connectivity index (χ4v) is 4.26. The smallest absolute Gasteiger partial charge is 0.223 e. The first-order chi connectivity index (χ1) is 9.78. The summed E-state index contributed by atoms with van der Waals surface area (Å²) in [6.07, 6.45) is 6.74. The van der Waals surface area contributed by atoms with Crippen LogP contribution in [0.3, 0.4) is 0 Å². The third-order valence-electron chi connectivity index (χ3n) is 5.53. The van der Waals surface area contributed by atoms with E-state index in [2.05, 4.69) is 22.0 Å². The molecule has 0 aromatic rings. The minimum absolute atomic E-state index is 0.433. The van der Waals surface area contributed by atoms with Crippen molar-refractivity contribution in [2.24, 2.45) is 5.92 Å². The van der Waals surface area contributed by atoms with Gasteiger partial charge in [-0.1, -0.05) is 6.92 Å². The predicted molar refractivity (Wildman–Crippen MR) is 80.6 cm³/mol. The zero-order chi connectivity index (χ0) is 13.9. The van der Waals surface area contributed by atoms with Gasteiger partial charge in [0.25, 0.3) is 0 Å². The van der Waals surface area contributed by atoms with Crippen LogP contribution >= 0.6 is 0 Å². The summed E-state index contributed by atoms with van der Waals surface area (Å²) in [5.41, 5.74) is 0. The van der Waals surface area contributed by atoms with Crippen LogP contribution in [-0.4, -0.2) is 60.5 Å². The summed E-state index contributed by atoms with van der Waals surface area (Å²) >= 11 is 0. The van der Waals surface area contributed by atoms with Crippen molar-refractivity contribution in [1.29, 1.82) is 0 Å². The van der Waals surface area contributed by atoms with Crippen LogP contribution in [0.5, 0.6) is 0 Å². The van der Waals surface area contributed by atoms with Crippen molar-refractivity contribution in [1.82, 2.24) is 15.1 Å². The van der Waals surface area contributed by atoms with Crippen molar-refractivity contribution in [2.75, 3.05) is 32.7 Å². The lowest BCUT2D eigenvalue weighted by Gasteiger charge is -2.29. The summed E-state index contributed by atoms with van der Waals surface area (Å²) in [6, 6.07) is 1.03. The molecular formula is C16H29N3O. The Labute approximate surface area is 122 Å². The number of hydrogen-bond donors (Lipinski definition) is 1. The molecule has 0 aliphatic carbocycles. The van der Waals surface area contributed by atoms with E-state index in [4.69, 9.17) is 0 Å². The normalized spacial score (nSPS) is 34.5. The van der Waals surface area contributed by atoms with Crippen LogP contribution in [-0.2, 0) is 4.79 Å². The molecule has 20 heavy (non-hydrogen) atoms. The first-order valence-electron chi connectivity index (χ1n) is 8.52. The molecule has 1 N–H and O–H groups in total. The highest BCUT2D eigenvalue weighted by Crippen LogP contribution is 2.31. The van der Waals surface area contributed by atoms with Crippen molar-refractivity contribution in [3.63, 3.8) is 0 Å². The summed E-state index contributed by atoms with van der Waals surface area (Å²) in [4.78, 5) is 17.4. The Morgan fingerprint density at radius 2 is 2.05 bits per heavy atom. The van der Waals surface area contributed by atoms with Crippen molar-refractivity contribution >= 4 is 5.91 Å². The Morgan fingerprint density at radius 1 is 1.20 bits per heavy atom. The minimum atomic E-state index is 0.433. The van der Waals surface area contributed by atoms with Gasteiger partial charge in [-0.15, -0.1) is 0 Å². The topological polar surface area (TPSA) is 35.6 Å². The monoisotopic (exact) mass is 279 g/mol. The van der Waals surface area contributed by atoms with Crippen LogP contribution in [0, 0.1) is 5.92 Å². The zero-order valence-electron chi connectivity index (χ0n) is 12.8. The third kappa shape index (κ3) is 3.01. The predicted octanol–water partition coefficient (Wildman–Crippen LogP) is 1.46. The average molecular weight is 279 g/mol. The molecule has 3 rings (SSSR count). The van der Waals surface area contributed by atoms with Crippen LogP contribution in [0.4, 0.5) is 0 Å². The molecule has 3 heterocycles. The van der Waals surface area contributed by atoms with Crippen molar-refractivity contribution in [3.8, 4) is 0 Å². The van der Waals surface area contributed by atoms with Gasteiger partial charge in [0.15, 0.2) is 0 Å². The van der Waals surface area contributed by atoms with Gasteiger partial charge in [0, 0.05) is 31.6 Å². The van der Waals surface area contributed by atoms with Gasteiger partial charge >= 0.3 is 0 Å². The molecule has 4 nitrogen and oxygen atoms in total. The van der Waals surface area contributed by atoms with Gasteiger partial charge in [-0.2, -0.15) is 0 Å². The quantitative estimate of drug-likeness (QED) is 0.846. The molecular weight excluding hydrogens is 250 g/mol. The van der Waals surface area contributed by atoms with E-state index in [1.54, 1.807) is 0 Å². The summed E-state index contributed by atoms with van der Waals surface area (Å²) in [5, 5.41) is 3.40. The minimum Gasteiger partial charge on any atom is -0.335 e. The number of nitrogens with zero attached hydrogens (tertiary/aromatic N) is 2. The summed E-state index contributed by atoms with van der Waals surface area (Å²) < 4.78 is 0. The molecule has 0 saturated carbocycles. The highest BCUT2D eigenvalue weighted by atomic mass is 16.2. The fourth-order valence-electron chi connectivity index (χ4n) is 4.26. The molecule has 2 bridgehead atoms. The van der Waals surface area contributed by atoms with Gasteiger partial charge in [0.05, 0.1) is 0 Å². The van der Waals surface area contributed by atoms with E-state index in [1.807, 2.05) is 0 Å². The second-order valence-electron chi connectivity index (χ2n) is 6.77. The standard InChI is InChI=1S/C16H29N3O/c1-2-18-10-8-14-4-5-15(12-18)19(14)16(20)6-3-13-7-9-17-11-13/h13-15,17H,2-12H2,1H3. The zero-order valence-corrected chi connectivity index (χ0v) is 12.8. The van der Waals surface area contributed by atoms with Gasteiger partial charge in [-0.3, -0.25) is 4.79 Å². The number of fused-ring (bicyclic) bond motifs is 2. The molecule has 3 saturated heterocycles. The Balaban J connectivity index is 1.56. The number of likely N-dealkylation sites (N-methyl/N-ethyl adjacent to an activating group) is 1. The Bertz CT molecular complexity index is 341. The molecule has 0 aromatic carbocycles. The van der Waals surface area contributed by atoms with Crippen LogP contribution in [0.1, 0.15) is 45.4 Å². The van der Waals surface area contributed by atoms with E-state index in [9.17, 15) is 4.79 Å². The van der Waals surface area contributed by atoms with Crippen LogP contribution < -0.4 is 5.32 Å². The molecule has 0 radical (unpaired) electrons. The SMILES string of the molecule is CCN1CCC2CCC(C1)N2C(=O)CCC1CCNC1.